The van der Waals surface area contributed by atoms with E-state index in [2.05, 4.69) is 28.1 Å². The van der Waals surface area contributed by atoms with Crippen LogP contribution >= 0.6 is 0 Å². The van der Waals surface area contributed by atoms with E-state index in [0.29, 0.717) is 6.61 Å². The van der Waals surface area contributed by atoms with Crippen molar-refractivity contribution in [1.29, 1.82) is 0 Å². The maximum Gasteiger partial charge on any atom is 0.119 e. The van der Waals surface area contributed by atoms with Crippen LogP contribution in [0, 0.1) is 0 Å². The standard InChI is InChI=1S/C4H11N3O/c1-2-3-4-8-7-6-5/h2-4H2,1H3,(H2,5,7). The highest BCUT2D eigenvalue weighted by atomic mass is 16.6. The summed E-state index contributed by atoms with van der Waals surface area (Å²) in [7, 11) is 0. The van der Waals surface area contributed by atoms with E-state index in [4.69, 9.17) is 0 Å². The van der Waals surface area contributed by atoms with Crippen molar-refractivity contribution < 1.29 is 4.84 Å². The van der Waals surface area contributed by atoms with E-state index in [-0.39, 0.29) is 0 Å². The zero-order valence-corrected chi connectivity index (χ0v) is 5.00. The first-order valence-corrected chi connectivity index (χ1v) is 2.64. The molecule has 8 heavy (non-hydrogen) atoms. The first-order valence-electron chi connectivity index (χ1n) is 2.64. The summed E-state index contributed by atoms with van der Waals surface area (Å²) in [4.78, 5) is 4.56. The number of nitrogens with zero attached hydrogens (tertiary/aromatic N) is 2. The van der Waals surface area contributed by atoms with Crippen LogP contribution in [0.1, 0.15) is 19.8 Å². The van der Waals surface area contributed by atoms with Gasteiger partial charge in [0.25, 0.3) is 0 Å². The van der Waals surface area contributed by atoms with Crippen LogP contribution in [-0.2, 0) is 4.84 Å². The molecule has 4 heteroatoms. The molecule has 0 rings (SSSR count). The van der Waals surface area contributed by atoms with Crippen LogP contribution in [0.4, 0.5) is 0 Å². The molecular weight excluding hydrogens is 106 g/mol. The van der Waals surface area contributed by atoms with Gasteiger partial charge in [-0.3, -0.25) is 0 Å². The molecule has 0 aromatic carbocycles. The molecule has 0 aliphatic heterocycles. The Kier molecular flexibility index (Phi) is 5.58. The third-order valence-corrected chi connectivity index (χ3v) is 0.694. The average Bonchev–Trinajstić information content (AvgIpc) is 1.81. The highest BCUT2D eigenvalue weighted by Crippen LogP contribution is 1.86. The molecule has 0 bridgehead atoms. The van der Waals surface area contributed by atoms with E-state index in [0.717, 1.165) is 12.8 Å². The molecule has 4 nitrogen and oxygen atoms in total. The van der Waals surface area contributed by atoms with E-state index < -0.39 is 0 Å². The van der Waals surface area contributed by atoms with Crippen molar-refractivity contribution in [2.75, 3.05) is 6.61 Å². The number of hydrogen-bond acceptors (Lipinski definition) is 3. The molecule has 0 fully saturated rings. The minimum atomic E-state index is 0.608. The number of rotatable bonds is 4. The van der Waals surface area contributed by atoms with Crippen molar-refractivity contribution in [2.45, 2.75) is 19.8 Å². The molecule has 0 aromatic rings. The number of unbranched alkanes of at least 4 members (excludes halogenated alkanes) is 1. The van der Waals surface area contributed by atoms with Crippen LogP contribution in [0.15, 0.2) is 10.5 Å². The zero-order valence-electron chi connectivity index (χ0n) is 5.00. The molecule has 0 atom stereocenters. The molecular formula is C4H11N3O. The second-order valence-corrected chi connectivity index (χ2v) is 1.38. The molecule has 0 aromatic heterocycles. The number of nitrogens with two attached hydrogens (primary N) is 1. The Hall–Kier alpha value is -0.800. The third-order valence-electron chi connectivity index (χ3n) is 0.694. The topological polar surface area (TPSA) is 60.0 Å². The van der Waals surface area contributed by atoms with Gasteiger partial charge in [0.05, 0.1) is 0 Å². The largest absolute Gasteiger partial charge is 0.378 e. The van der Waals surface area contributed by atoms with Crippen molar-refractivity contribution >= 4 is 0 Å². The first-order chi connectivity index (χ1) is 3.91. The van der Waals surface area contributed by atoms with Gasteiger partial charge in [0.1, 0.15) is 6.61 Å². The maximum atomic E-state index is 4.64. The van der Waals surface area contributed by atoms with E-state index >= 15 is 0 Å². The second kappa shape index (κ2) is 6.20. The Morgan fingerprint density at radius 2 is 2.38 bits per heavy atom. The predicted molar refractivity (Wildman–Crippen MR) is 29.9 cm³/mol. The lowest BCUT2D eigenvalue weighted by Crippen LogP contribution is -1.86. The van der Waals surface area contributed by atoms with Gasteiger partial charge in [0, 0.05) is 5.28 Å². The fraction of sp³-hybridized carbons (Fsp3) is 1.00. The molecule has 0 aliphatic rings. The number of hydrogen-bond donors (Lipinski definition) is 1. The van der Waals surface area contributed by atoms with Crippen molar-refractivity contribution in [1.82, 2.24) is 0 Å². The molecule has 0 heterocycles. The van der Waals surface area contributed by atoms with E-state index in [1.165, 1.54) is 0 Å². The van der Waals surface area contributed by atoms with Gasteiger partial charge in [-0.25, -0.2) is 0 Å². The summed E-state index contributed by atoms with van der Waals surface area (Å²) in [6.45, 7) is 2.68. The van der Waals surface area contributed by atoms with E-state index in [9.17, 15) is 0 Å². The minimum Gasteiger partial charge on any atom is -0.378 e. The highest BCUT2D eigenvalue weighted by molar-refractivity contribution is 4.26. The van der Waals surface area contributed by atoms with Crippen molar-refractivity contribution in [3.05, 3.63) is 0 Å². The molecule has 0 amide bonds. The van der Waals surface area contributed by atoms with Gasteiger partial charge < -0.3 is 10.7 Å². The molecule has 0 saturated carbocycles. The fourth-order valence-corrected chi connectivity index (χ4v) is 0.283. The monoisotopic (exact) mass is 117 g/mol. The molecule has 0 saturated heterocycles. The highest BCUT2D eigenvalue weighted by Gasteiger charge is 1.79. The summed E-state index contributed by atoms with van der Waals surface area (Å²) < 4.78 is 0. The van der Waals surface area contributed by atoms with Crippen LogP contribution in [0.5, 0.6) is 0 Å². The molecule has 0 radical (unpaired) electrons. The lowest BCUT2D eigenvalue weighted by Gasteiger charge is -1.90. The Labute approximate surface area is 48.7 Å². The SMILES string of the molecule is CCCCON=NN. The lowest BCUT2D eigenvalue weighted by atomic mass is 10.4. The zero-order chi connectivity index (χ0) is 6.24. The van der Waals surface area contributed by atoms with Crippen LogP contribution in [-0.4, -0.2) is 6.61 Å². The Bertz CT molecular complexity index is 64.3. The summed E-state index contributed by atoms with van der Waals surface area (Å²) in [6, 6.07) is 0. The molecule has 0 spiro atoms. The van der Waals surface area contributed by atoms with Gasteiger partial charge in [-0.05, 0) is 11.6 Å². The predicted octanol–water partition coefficient (Wildman–Crippen LogP) is 1.04. The quantitative estimate of drug-likeness (QED) is 0.259. The van der Waals surface area contributed by atoms with Crippen LogP contribution in [0.25, 0.3) is 0 Å². The summed E-state index contributed by atoms with van der Waals surface area (Å²) in [5.41, 5.74) is 0. The Morgan fingerprint density at radius 3 is 2.88 bits per heavy atom. The molecule has 48 valence electrons. The van der Waals surface area contributed by atoms with E-state index in [1.807, 2.05) is 0 Å². The summed E-state index contributed by atoms with van der Waals surface area (Å²) >= 11 is 0. The fourth-order valence-electron chi connectivity index (χ4n) is 0.283. The van der Waals surface area contributed by atoms with Crippen molar-refractivity contribution in [3.63, 3.8) is 0 Å². The maximum absolute atomic E-state index is 4.64. The molecule has 0 unspecified atom stereocenters. The molecule has 0 aliphatic carbocycles. The minimum absolute atomic E-state index is 0.608. The summed E-state index contributed by atoms with van der Waals surface area (Å²) in [6.07, 6.45) is 2.10. The van der Waals surface area contributed by atoms with Gasteiger partial charge in [0.2, 0.25) is 0 Å². The van der Waals surface area contributed by atoms with Crippen LogP contribution in [0.2, 0.25) is 0 Å². The van der Waals surface area contributed by atoms with Gasteiger partial charge in [-0.1, -0.05) is 13.3 Å². The van der Waals surface area contributed by atoms with Gasteiger partial charge in [-0.15, -0.1) is 0 Å². The first kappa shape index (κ1) is 7.20. The van der Waals surface area contributed by atoms with Gasteiger partial charge in [0.15, 0.2) is 0 Å². The third kappa shape index (κ3) is 5.20. The van der Waals surface area contributed by atoms with Gasteiger partial charge in [-0.2, -0.15) is 0 Å². The normalized spacial score (nSPS) is 10.1. The average molecular weight is 117 g/mol. The Morgan fingerprint density at radius 1 is 1.62 bits per heavy atom. The second-order valence-electron chi connectivity index (χ2n) is 1.38. The van der Waals surface area contributed by atoms with Gasteiger partial charge >= 0.3 is 0 Å². The Balaban J connectivity index is 2.72. The summed E-state index contributed by atoms with van der Waals surface area (Å²) in [5, 5.41) is 6.02. The molecule has 2 N–H and O–H groups in total. The van der Waals surface area contributed by atoms with Crippen LogP contribution < -0.4 is 5.84 Å². The summed E-state index contributed by atoms with van der Waals surface area (Å²) in [5.74, 6) is 4.64. The lowest BCUT2D eigenvalue weighted by molar-refractivity contribution is 0.119. The van der Waals surface area contributed by atoms with Crippen molar-refractivity contribution in [3.8, 4) is 0 Å². The smallest absolute Gasteiger partial charge is 0.119 e. The van der Waals surface area contributed by atoms with Crippen molar-refractivity contribution in [2.24, 2.45) is 16.3 Å². The van der Waals surface area contributed by atoms with Crippen LogP contribution in [0.3, 0.4) is 0 Å². The van der Waals surface area contributed by atoms with E-state index in [1.54, 1.807) is 0 Å².